The third-order valence-electron chi connectivity index (χ3n) is 3.66. The van der Waals surface area contributed by atoms with Crippen LogP contribution in [0.15, 0.2) is 40.9 Å². The minimum Gasteiger partial charge on any atom is -0.360 e. The fourth-order valence-electron chi connectivity index (χ4n) is 2.36. The van der Waals surface area contributed by atoms with Crippen LogP contribution in [0.25, 0.3) is 0 Å². The van der Waals surface area contributed by atoms with Crippen LogP contribution < -0.4 is 10.6 Å². The monoisotopic (exact) mass is 337 g/mol. The van der Waals surface area contributed by atoms with Crippen LogP contribution in [0.3, 0.4) is 0 Å². The summed E-state index contributed by atoms with van der Waals surface area (Å²) in [5.74, 6) is 1.21. The first kappa shape index (κ1) is 16.6. The van der Waals surface area contributed by atoms with Crippen LogP contribution in [0.2, 0.25) is 0 Å². The van der Waals surface area contributed by atoms with Crippen molar-refractivity contribution in [2.45, 2.75) is 27.3 Å². The van der Waals surface area contributed by atoms with Gasteiger partial charge >= 0.3 is 0 Å². The maximum Gasteiger partial charge on any atom is 0.270 e. The van der Waals surface area contributed by atoms with Crippen LogP contribution in [0.4, 0.5) is 11.8 Å². The zero-order chi connectivity index (χ0) is 17.8. The fraction of sp³-hybridized carbons (Fsp3) is 0.222. The van der Waals surface area contributed by atoms with Crippen LogP contribution in [-0.2, 0) is 6.54 Å². The van der Waals surface area contributed by atoms with Gasteiger partial charge in [0.25, 0.3) is 5.91 Å². The van der Waals surface area contributed by atoms with Crippen molar-refractivity contribution < 1.29 is 9.32 Å². The molecule has 2 aromatic heterocycles. The van der Waals surface area contributed by atoms with Crippen LogP contribution in [0.5, 0.6) is 0 Å². The van der Waals surface area contributed by atoms with Gasteiger partial charge in [0.1, 0.15) is 11.5 Å². The number of hydrogen-bond donors (Lipinski definition) is 2. The van der Waals surface area contributed by atoms with Gasteiger partial charge in [-0.1, -0.05) is 29.4 Å². The van der Waals surface area contributed by atoms with Gasteiger partial charge in [-0.05, 0) is 38.0 Å². The zero-order valence-corrected chi connectivity index (χ0v) is 14.3. The fourth-order valence-corrected chi connectivity index (χ4v) is 2.36. The minimum atomic E-state index is -0.256. The van der Waals surface area contributed by atoms with E-state index in [0.717, 1.165) is 11.1 Å². The SMILES string of the molecule is Cc1cc(C(=O)NCc2ccccc2C)nc(Nc2cc(C)on2)n1. The van der Waals surface area contributed by atoms with E-state index in [4.69, 9.17) is 4.52 Å². The van der Waals surface area contributed by atoms with Gasteiger partial charge in [0, 0.05) is 18.3 Å². The molecule has 0 aliphatic carbocycles. The Labute approximate surface area is 145 Å². The number of hydrogen-bond acceptors (Lipinski definition) is 6. The van der Waals surface area contributed by atoms with Crippen molar-refractivity contribution in [3.63, 3.8) is 0 Å². The van der Waals surface area contributed by atoms with Crippen molar-refractivity contribution >= 4 is 17.7 Å². The summed E-state index contributed by atoms with van der Waals surface area (Å²) in [6.07, 6.45) is 0. The first-order valence-corrected chi connectivity index (χ1v) is 7.90. The molecule has 0 saturated heterocycles. The number of rotatable bonds is 5. The van der Waals surface area contributed by atoms with E-state index in [1.807, 2.05) is 31.2 Å². The van der Waals surface area contributed by atoms with E-state index in [1.165, 1.54) is 0 Å². The molecule has 0 atom stereocenters. The highest BCUT2D eigenvalue weighted by Gasteiger charge is 2.12. The molecule has 0 spiro atoms. The molecule has 0 unspecified atom stereocenters. The number of carbonyl (C=O) groups excluding carboxylic acids is 1. The van der Waals surface area contributed by atoms with E-state index in [1.54, 1.807) is 26.0 Å². The highest BCUT2D eigenvalue weighted by atomic mass is 16.5. The van der Waals surface area contributed by atoms with Gasteiger partial charge in [-0.25, -0.2) is 9.97 Å². The van der Waals surface area contributed by atoms with Crippen LogP contribution in [0.1, 0.15) is 33.1 Å². The maximum absolute atomic E-state index is 12.4. The molecule has 2 heterocycles. The lowest BCUT2D eigenvalue weighted by Gasteiger charge is -2.09. The molecule has 2 N–H and O–H groups in total. The number of anilines is 2. The summed E-state index contributed by atoms with van der Waals surface area (Å²) >= 11 is 0. The Balaban J connectivity index is 1.72. The molecule has 0 aliphatic heterocycles. The third kappa shape index (κ3) is 4.20. The Morgan fingerprint density at radius 3 is 2.64 bits per heavy atom. The number of amides is 1. The van der Waals surface area contributed by atoms with Crippen molar-refractivity contribution in [1.82, 2.24) is 20.4 Å². The van der Waals surface area contributed by atoms with E-state index in [2.05, 4.69) is 25.8 Å². The molecular weight excluding hydrogens is 318 g/mol. The predicted octanol–water partition coefficient (Wildman–Crippen LogP) is 3.06. The normalized spacial score (nSPS) is 10.5. The average molecular weight is 337 g/mol. The highest BCUT2D eigenvalue weighted by Crippen LogP contribution is 2.14. The van der Waals surface area contributed by atoms with Gasteiger partial charge in [-0.3, -0.25) is 4.79 Å². The Morgan fingerprint density at radius 2 is 1.92 bits per heavy atom. The van der Waals surface area contributed by atoms with Crippen LogP contribution in [-0.4, -0.2) is 21.0 Å². The van der Waals surface area contributed by atoms with Crippen molar-refractivity contribution in [3.8, 4) is 0 Å². The molecule has 25 heavy (non-hydrogen) atoms. The topological polar surface area (TPSA) is 92.9 Å². The third-order valence-corrected chi connectivity index (χ3v) is 3.66. The Morgan fingerprint density at radius 1 is 1.12 bits per heavy atom. The standard InChI is InChI=1S/C18H19N5O2/c1-11-6-4-5-7-14(11)10-19-17(24)15-8-12(2)20-18(21-15)22-16-9-13(3)25-23-16/h4-9H,10H2,1-3H3,(H,19,24)(H,20,21,22,23). The summed E-state index contributed by atoms with van der Waals surface area (Å²) in [4.78, 5) is 21.0. The summed E-state index contributed by atoms with van der Waals surface area (Å²) in [6.45, 7) is 6.05. The number of aryl methyl sites for hydroxylation is 3. The molecule has 0 bridgehead atoms. The number of nitrogens with one attached hydrogen (secondary N) is 2. The molecule has 3 aromatic rings. The smallest absolute Gasteiger partial charge is 0.270 e. The quantitative estimate of drug-likeness (QED) is 0.743. The summed E-state index contributed by atoms with van der Waals surface area (Å²) in [7, 11) is 0. The lowest BCUT2D eigenvalue weighted by Crippen LogP contribution is -2.24. The molecule has 1 aromatic carbocycles. The second kappa shape index (κ2) is 7.12. The molecule has 0 aliphatic rings. The van der Waals surface area contributed by atoms with Gasteiger partial charge in [-0.2, -0.15) is 0 Å². The van der Waals surface area contributed by atoms with Gasteiger partial charge in [0.2, 0.25) is 5.95 Å². The van der Waals surface area contributed by atoms with Crippen molar-refractivity contribution in [2.24, 2.45) is 0 Å². The summed E-state index contributed by atoms with van der Waals surface area (Å²) < 4.78 is 5.00. The molecule has 0 fully saturated rings. The summed E-state index contributed by atoms with van der Waals surface area (Å²) in [6, 6.07) is 11.3. The van der Waals surface area contributed by atoms with Crippen molar-refractivity contribution in [3.05, 3.63) is 64.7 Å². The molecule has 128 valence electrons. The van der Waals surface area contributed by atoms with Gasteiger partial charge < -0.3 is 15.2 Å². The molecule has 0 radical (unpaired) electrons. The highest BCUT2D eigenvalue weighted by molar-refractivity contribution is 5.92. The first-order chi connectivity index (χ1) is 12.0. The number of nitrogens with zero attached hydrogens (tertiary/aromatic N) is 3. The largest absolute Gasteiger partial charge is 0.360 e. The molecule has 3 rings (SSSR count). The number of aromatic nitrogens is 3. The van der Waals surface area contributed by atoms with Gasteiger partial charge in [-0.15, -0.1) is 0 Å². The second-order valence-electron chi connectivity index (χ2n) is 5.78. The van der Waals surface area contributed by atoms with E-state index >= 15 is 0 Å². The average Bonchev–Trinajstić information content (AvgIpc) is 2.98. The second-order valence-corrected chi connectivity index (χ2v) is 5.78. The Kier molecular flexibility index (Phi) is 4.74. The predicted molar refractivity (Wildman–Crippen MR) is 93.6 cm³/mol. The Hall–Kier alpha value is -3.22. The van der Waals surface area contributed by atoms with Crippen molar-refractivity contribution in [2.75, 3.05) is 5.32 Å². The zero-order valence-electron chi connectivity index (χ0n) is 14.3. The molecular formula is C18H19N5O2. The minimum absolute atomic E-state index is 0.256. The van der Waals surface area contributed by atoms with E-state index < -0.39 is 0 Å². The molecule has 0 saturated carbocycles. The maximum atomic E-state index is 12.4. The van der Waals surface area contributed by atoms with E-state index in [9.17, 15) is 4.79 Å². The number of carbonyl (C=O) groups is 1. The van der Waals surface area contributed by atoms with E-state index in [-0.39, 0.29) is 5.91 Å². The van der Waals surface area contributed by atoms with Gasteiger partial charge in [0.05, 0.1) is 0 Å². The molecule has 1 amide bonds. The van der Waals surface area contributed by atoms with E-state index in [0.29, 0.717) is 35.5 Å². The lowest BCUT2D eigenvalue weighted by molar-refractivity contribution is 0.0945. The molecule has 7 nitrogen and oxygen atoms in total. The van der Waals surface area contributed by atoms with Gasteiger partial charge in [0.15, 0.2) is 5.82 Å². The number of benzene rings is 1. The summed E-state index contributed by atoms with van der Waals surface area (Å²) in [5.41, 5.74) is 3.17. The molecule has 7 heteroatoms. The van der Waals surface area contributed by atoms with Crippen molar-refractivity contribution in [1.29, 1.82) is 0 Å². The first-order valence-electron chi connectivity index (χ1n) is 7.90. The van der Waals surface area contributed by atoms with Crippen LogP contribution >= 0.6 is 0 Å². The lowest BCUT2D eigenvalue weighted by atomic mass is 10.1. The Bertz CT molecular complexity index is 904. The van der Waals surface area contributed by atoms with Crippen LogP contribution in [0, 0.1) is 20.8 Å². The summed E-state index contributed by atoms with van der Waals surface area (Å²) in [5, 5.41) is 9.66.